The van der Waals surface area contributed by atoms with Crippen LogP contribution in [0.3, 0.4) is 0 Å². The number of aromatic nitrogens is 2. The molecule has 2 heterocycles. The number of pyridine rings is 1. The van der Waals surface area contributed by atoms with Crippen LogP contribution in [0.2, 0.25) is 0 Å². The Morgan fingerprint density at radius 3 is 2.95 bits per heavy atom. The number of nitrogen functional groups attached to an aromatic ring is 1. The van der Waals surface area contributed by atoms with Gasteiger partial charge in [0.25, 0.3) is 5.91 Å². The first kappa shape index (κ1) is 13.1. The van der Waals surface area contributed by atoms with Gasteiger partial charge in [-0.2, -0.15) is 0 Å². The van der Waals surface area contributed by atoms with E-state index in [-0.39, 0.29) is 5.91 Å². The first-order chi connectivity index (χ1) is 9.11. The molecule has 0 aliphatic rings. The van der Waals surface area contributed by atoms with Gasteiger partial charge in [-0.3, -0.25) is 9.78 Å². The fourth-order valence-electron chi connectivity index (χ4n) is 2.02. The standard InChI is InChI=1S/C14H18N4O/c1-3-10-5-4-6-16-12(10)8-17-14(19)13-7-11(15)9-18(13)2/h4-7,9H,3,8,15H2,1-2H3,(H,17,19). The van der Waals surface area contributed by atoms with Gasteiger partial charge < -0.3 is 15.6 Å². The SMILES string of the molecule is CCc1cccnc1CNC(=O)c1cc(N)cn1C. The van der Waals surface area contributed by atoms with Gasteiger partial charge in [0.2, 0.25) is 0 Å². The minimum absolute atomic E-state index is 0.146. The molecule has 19 heavy (non-hydrogen) atoms. The lowest BCUT2D eigenvalue weighted by atomic mass is 10.1. The molecule has 0 bridgehead atoms. The third kappa shape index (κ3) is 2.93. The number of anilines is 1. The molecule has 5 heteroatoms. The molecule has 3 N–H and O–H groups in total. The van der Waals surface area contributed by atoms with Gasteiger partial charge in [0.05, 0.1) is 17.9 Å². The van der Waals surface area contributed by atoms with Crippen molar-refractivity contribution in [1.29, 1.82) is 0 Å². The highest BCUT2D eigenvalue weighted by atomic mass is 16.1. The maximum atomic E-state index is 12.0. The maximum Gasteiger partial charge on any atom is 0.268 e. The number of nitrogens with zero attached hydrogens (tertiary/aromatic N) is 2. The Labute approximate surface area is 112 Å². The average molecular weight is 258 g/mol. The molecule has 0 saturated carbocycles. The fraction of sp³-hybridized carbons (Fsp3) is 0.286. The summed E-state index contributed by atoms with van der Waals surface area (Å²) in [4.78, 5) is 16.3. The molecule has 0 aromatic carbocycles. The zero-order chi connectivity index (χ0) is 13.8. The largest absolute Gasteiger partial charge is 0.397 e. The molecule has 1 amide bonds. The van der Waals surface area contributed by atoms with E-state index in [9.17, 15) is 4.79 Å². The fourth-order valence-corrected chi connectivity index (χ4v) is 2.02. The summed E-state index contributed by atoms with van der Waals surface area (Å²) < 4.78 is 1.71. The summed E-state index contributed by atoms with van der Waals surface area (Å²) >= 11 is 0. The van der Waals surface area contributed by atoms with E-state index in [0.29, 0.717) is 17.9 Å². The van der Waals surface area contributed by atoms with Gasteiger partial charge in [0.15, 0.2) is 0 Å². The summed E-state index contributed by atoms with van der Waals surface area (Å²) in [6.45, 7) is 2.49. The van der Waals surface area contributed by atoms with E-state index in [1.54, 1.807) is 30.1 Å². The van der Waals surface area contributed by atoms with Crippen molar-refractivity contribution < 1.29 is 4.79 Å². The van der Waals surface area contributed by atoms with Crippen molar-refractivity contribution >= 4 is 11.6 Å². The van der Waals surface area contributed by atoms with E-state index < -0.39 is 0 Å². The van der Waals surface area contributed by atoms with Crippen LogP contribution in [0, 0.1) is 0 Å². The molecule has 100 valence electrons. The number of carbonyl (C=O) groups is 1. The van der Waals surface area contributed by atoms with Crippen LogP contribution in [0.1, 0.15) is 28.7 Å². The quantitative estimate of drug-likeness (QED) is 0.872. The van der Waals surface area contributed by atoms with Crippen LogP contribution in [0.25, 0.3) is 0 Å². The minimum Gasteiger partial charge on any atom is -0.397 e. The Morgan fingerprint density at radius 2 is 2.32 bits per heavy atom. The van der Waals surface area contributed by atoms with Gasteiger partial charge in [-0.25, -0.2) is 0 Å². The lowest BCUT2D eigenvalue weighted by Gasteiger charge is -2.08. The molecule has 0 saturated heterocycles. The van der Waals surface area contributed by atoms with Crippen molar-refractivity contribution in [2.24, 2.45) is 7.05 Å². The monoisotopic (exact) mass is 258 g/mol. The van der Waals surface area contributed by atoms with Gasteiger partial charge in [-0.05, 0) is 24.1 Å². The summed E-state index contributed by atoms with van der Waals surface area (Å²) in [5.74, 6) is -0.146. The van der Waals surface area contributed by atoms with E-state index in [2.05, 4.69) is 17.2 Å². The smallest absolute Gasteiger partial charge is 0.268 e. The summed E-state index contributed by atoms with van der Waals surface area (Å²) in [5, 5.41) is 2.87. The molecule has 0 aliphatic heterocycles. The van der Waals surface area contributed by atoms with Crippen molar-refractivity contribution in [3.63, 3.8) is 0 Å². The predicted molar refractivity (Wildman–Crippen MR) is 74.6 cm³/mol. The van der Waals surface area contributed by atoms with Gasteiger partial charge in [0.1, 0.15) is 5.69 Å². The van der Waals surface area contributed by atoms with Crippen LogP contribution in [0.15, 0.2) is 30.6 Å². The number of carbonyl (C=O) groups excluding carboxylic acids is 1. The molecule has 0 radical (unpaired) electrons. The van der Waals surface area contributed by atoms with Gasteiger partial charge in [-0.1, -0.05) is 13.0 Å². The molecule has 0 unspecified atom stereocenters. The van der Waals surface area contributed by atoms with Gasteiger partial charge >= 0.3 is 0 Å². The lowest BCUT2D eigenvalue weighted by molar-refractivity contribution is 0.0942. The molecule has 0 atom stereocenters. The van der Waals surface area contributed by atoms with Crippen LogP contribution >= 0.6 is 0 Å². The highest BCUT2D eigenvalue weighted by Gasteiger charge is 2.11. The molecule has 2 rings (SSSR count). The molecular formula is C14H18N4O. The first-order valence-electron chi connectivity index (χ1n) is 6.24. The van der Waals surface area contributed by atoms with Crippen LogP contribution in [0.4, 0.5) is 5.69 Å². The zero-order valence-corrected chi connectivity index (χ0v) is 11.2. The van der Waals surface area contributed by atoms with E-state index in [1.807, 2.05) is 12.1 Å². The number of hydrogen-bond acceptors (Lipinski definition) is 3. The van der Waals surface area contributed by atoms with Crippen molar-refractivity contribution in [3.8, 4) is 0 Å². The molecule has 0 fully saturated rings. The van der Waals surface area contributed by atoms with Crippen molar-refractivity contribution in [2.75, 3.05) is 5.73 Å². The van der Waals surface area contributed by atoms with E-state index >= 15 is 0 Å². The molecule has 2 aromatic heterocycles. The first-order valence-corrected chi connectivity index (χ1v) is 6.24. The van der Waals surface area contributed by atoms with Crippen molar-refractivity contribution in [2.45, 2.75) is 19.9 Å². The Morgan fingerprint density at radius 1 is 1.53 bits per heavy atom. The molecule has 0 spiro atoms. The molecule has 2 aromatic rings. The number of hydrogen-bond donors (Lipinski definition) is 2. The normalized spacial score (nSPS) is 10.4. The van der Waals surface area contributed by atoms with Crippen LogP contribution < -0.4 is 11.1 Å². The second-order valence-corrected chi connectivity index (χ2v) is 4.42. The Hall–Kier alpha value is -2.30. The van der Waals surface area contributed by atoms with Crippen molar-refractivity contribution in [1.82, 2.24) is 14.9 Å². The Balaban J connectivity index is 2.06. The third-order valence-corrected chi connectivity index (χ3v) is 3.04. The zero-order valence-electron chi connectivity index (χ0n) is 11.2. The highest BCUT2D eigenvalue weighted by Crippen LogP contribution is 2.10. The van der Waals surface area contributed by atoms with Crippen LogP contribution in [-0.4, -0.2) is 15.5 Å². The predicted octanol–water partition coefficient (Wildman–Crippen LogP) is 1.49. The highest BCUT2D eigenvalue weighted by molar-refractivity contribution is 5.93. The van der Waals surface area contributed by atoms with E-state index in [1.165, 1.54) is 0 Å². The van der Waals surface area contributed by atoms with Gasteiger partial charge in [-0.15, -0.1) is 0 Å². The number of nitrogens with one attached hydrogen (secondary N) is 1. The van der Waals surface area contributed by atoms with Gasteiger partial charge in [0, 0.05) is 19.4 Å². The lowest BCUT2D eigenvalue weighted by Crippen LogP contribution is -2.25. The average Bonchev–Trinajstić information content (AvgIpc) is 2.75. The number of nitrogens with two attached hydrogens (primary N) is 1. The summed E-state index contributed by atoms with van der Waals surface area (Å²) in [5.41, 5.74) is 8.84. The Kier molecular flexibility index (Phi) is 3.85. The van der Waals surface area contributed by atoms with Crippen LogP contribution in [-0.2, 0) is 20.0 Å². The van der Waals surface area contributed by atoms with Crippen LogP contribution in [0.5, 0.6) is 0 Å². The Bertz CT molecular complexity index is 589. The van der Waals surface area contributed by atoms with E-state index in [0.717, 1.165) is 17.7 Å². The summed E-state index contributed by atoms with van der Waals surface area (Å²) in [6, 6.07) is 5.59. The minimum atomic E-state index is -0.146. The number of amides is 1. The second-order valence-electron chi connectivity index (χ2n) is 4.42. The molecule has 0 aliphatic carbocycles. The number of rotatable bonds is 4. The number of aryl methyl sites for hydroxylation is 2. The summed E-state index contributed by atoms with van der Waals surface area (Å²) in [7, 11) is 1.80. The van der Waals surface area contributed by atoms with Crippen molar-refractivity contribution in [3.05, 3.63) is 47.5 Å². The topological polar surface area (TPSA) is 72.9 Å². The molecular weight excluding hydrogens is 240 g/mol. The maximum absolute atomic E-state index is 12.0. The summed E-state index contributed by atoms with van der Waals surface area (Å²) in [6.07, 6.45) is 4.35. The van der Waals surface area contributed by atoms with E-state index in [4.69, 9.17) is 5.73 Å². The molecule has 5 nitrogen and oxygen atoms in total. The second kappa shape index (κ2) is 5.56. The third-order valence-electron chi connectivity index (χ3n) is 3.04.